The molecule has 92 valence electrons. The number of aliphatic hydroxyl groups excluding tert-OH is 1. The molecular formula is C8H18NO5S-. The molecule has 6 nitrogen and oxygen atoms in total. The monoisotopic (exact) mass is 240 g/mol. The molecule has 0 aromatic rings. The fourth-order valence-electron chi connectivity index (χ4n) is 1.15. The SMILES string of the molecule is CCO[C@@H](CCC(O)O)CN(C)S(=O)[O-]. The number of aliphatic hydroxyl groups is 2. The quantitative estimate of drug-likeness (QED) is 0.428. The summed E-state index contributed by atoms with van der Waals surface area (Å²) in [5.74, 6) is 0. The minimum Gasteiger partial charge on any atom is -0.760 e. The first kappa shape index (κ1) is 14.9. The van der Waals surface area contributed by atoms with E-state index in [1.807, 2.05) is 0 Å². The lowest BCUT2D eigenvalue weighted by Gasteiger charge is -2.25. The molecular weight excluding hydrogens is 222 g/mol. The van der Waals surface area contributed by atoms with Crippen LogP contribution in [0.15, 0.2) is 0 Å². The van der Waals surface area contributed by atoms with E-state index in [2.05, 4.69) is 0 Å². The molecule has 0 rings (SSSR count). The Labute approximate surface area is 92.3 Å². The van der Waals surface area contributed by atoms with E-state index in [9.17, 15) is 8.76 Å². The van der Waals surface area contributed by atoms with Crippen LogP contribution in [0.25, 0.3) is 0 Å². The Bertz CT molecular complexity index is 190. The molecule has 0 aliphatic rings. The predicted molar refractivity (Wildman–Crippen MR) is 54.4 cm³/mol. The van der Waals surface area contributed by atoms with E-state index < -0.39 is 17.6 Å². The Morgan fingerprint density at radius 2 is 2.07 bits per heavy atom. The van der Waals surface area contributed by atoms with Crippen molar-refractivity contribution in [2.75, 3.05) is 20.2 Å². The molecule has 0 aromatic heterocycles. The summed E-state index contributed by atoms with van der Waals surface area (Å²) in [6.07, 6.45) is -1.10. The van der Waals surface area contributed by atoms with Crippen LogP contribution >= 0.6 is 0 Å². The van der Waals surface area contributed by atoms with Crippen LogP contribution in [0.3, 0.4) is 0 Å². The lowest BCUT2D eigenvalue weighted by atomic mass is 10.2. The van der Waals surface area contributed by atoms with Crippen LogP contribution in [0.2, 0.25) is 0 Å². The van der Waals surface area contributed by atoms with Gasteiger partial charge < -0.3 is 19.5 Å². The van der Waals surface area contributed by atoms with Crippen LogP contribution in [0.4, 0.5) is 0 Å². The number of nitrogens with zero attached hydrogens (tertiary/aromatic N) is 1. The van der Waals surface area contributed by atoms with Crippen LogP contribution in [-0.2, 0) is 16.0 Å². The molecule has 2 N–H and O–H groups in total. The van der Waals surface area contributed by atoms with E-state index in [-0.39, 0.29) is 19.1 Å². The van der Waals surface area contributed by atoms with Gasteiger partial charge in [0.05, 0.1) is 6.10 Å². The molecule has 0 saturated carbocycles. The fraction of sp³-hybridized carbons (Fsp3) is 1.00. The third-order valence-corrected chi connectivity index (χ3v) is 2.52. The van der Waals surface area contributed by atoms with Gasteiger partial charge in [0.2, 0.25) is 0 Å². The van der Waals surface area contributed by atoms with Crippen molar-refractivity contribution in [2.24, 2.45) is 0 Å². The number of hydrogen-bond donors (Lipinski definition) is 2. The van der Waals surface area contributed by atoms with Crippen molar-refractivity contribution in [1.29, 1.82) is 0 Å². The standard InChI is InChI=1S/C8H19NO5S/c1-3-14-7(4-5-8(10)11)6-9(2)15(12)13/h7-8,10-11H,3-6H2,1-2H3,(H,12,13)/p-1/t7-/m0/s1. The first-order valence-electron chi connectivity index (χ1n) is 4.75. The third kappa shape index (κ3) is 7.83. The highest BCUT2D eigenvalue weighted by Crippen LogP contribution is 2.06. The van der Waals surface area contributed by atoms with Gasteiger partial charge >= 0.3 is 0 Å². The van der Waals surface area contributed by atoms with Gasteiger partial charge in [0.1, 0.15) is 0 Å². The Balaban J connectivity index is 3.97. The number of rotatable bonds is 8. The first-order valence-corrected chi connectivity index (χ1v) is 5.78. The Kier molecular flexibility index (Phi) is 8.12. The molecule has 0 fully saturated rings. The summed E-state index contributed by atoms with van der Waals surface area (Å²) < 4.78 is 27.5. The zero-order valence-electron chi connectivity index (χ0n) is 8.96. The molecule has 2 atom stereocenters. The molecule has 0 aliphatic carbocycles. The van der Waals surface area contributed by atoms with Crippen molar-refractivity contribution >= 4 is 11.3 Å². The van der Waals surface area contributed by atoms with Gasteiger partial charge in [-0.15, -0.1) is 0 Å². The van der Waals surface area contributed by atoms with Crippen molar-refractivity contribution in [3.05, 3.63) is 0 Å². The molecule has 0 spiro atoms. The van der Waals surface area contributed by atoms with E-state index in [1.165, 1.54) is 7.05 Å². The second kappa shape index (κ2) is 8.14. The van der Waals surface area contributed by atoms with Crippen molar-refractivity contribution < 1.29 is 23.7 Å². The Morgan fingerprint density at radius 3 is 2.47 bits per heavy atom. The summed E-state index contributed by atoms with van der Waals surface area (Å²) in [5.41, 5.74) is 0. The van der Waals surface area contributed by atoms with Gasteiger partial charge in [-0.05, 0) is 20.4 Å². The molecule has 0 aliphatic heterocycles. The highest BCUT2D eigenvalue weighted by molar-refractivity contribution is 7.76. The Morgan fingerprint density at radius 1 is 1.47 bits per heavy atom. The van der Waals surface area contributed by atoms with Crippen LogP contribution in [0, 0.1) is 0 Å². The molecule has 0 bridgehead atoms. The average Bonchev–Trinajstić information content (AvgIpc) is 2.14. The van der Waals surface area contributed by atoms with Crippen molar-refractivity contribution in [3.8, 4) is 0 Å². The molecule has 7 heteroatoms. The van der Waals surface area contributed by atoms with Crippen LogP contribution in [-0.4, -0.2) is 55.9 Å². The summed E-state index contributed by atoms with van der Waals surface area (Å²) in [6.45, 7) is 2.48. The van der Waals surface area contributed by atoms with Gasteiger partial charge in [-0.2, -0.15) is 0 Å². The molecule has 0 radical (unpaired) electrons. The van der Waals surface area contributed by atoms with Gasteiger partial charge in [0.15, 0.2) is 6.29 Å². The molecule has 0 aromatic carbocycles. The van der Waals surface area contributed by atoms with Crippen molar-refractivity contribution in [3.63, 3.8) is 0 Å². The minimum atomic E-state index is -2.27. The maximum absolute atomic E-state index is 10.5. The molecule has 15 heavy (non-hydrogen) atoms. The summed E-state index contributed by atoms with van der Waals surface area (Å²) in [5, 5.41) is 17.4. The zero-order chi connectivity index (χ0) is 11.8. The largest absolute Gasteiger partial charge is 0.760 e. The van der Waals surface area contributed by atoms with Crippen LogP contribution < -0.4 is 0 Å². The van der Waals surface area contributed by atoms with E-state index in [0.717, 1.165) is 4.31 Å². The van der Waals surface area contributed by atoms with E-state index >= 15 is 0 Å². The number of ether oxygens (including phenoxy) is 1. The lowest BCUT2D eigenvalue weighted by molar-refractivity contribution is -0.0587. The maximum atomic E-state index is 10.5. The number of hydrogen-bond acceptors (Lipinski definition) is 5. The van der Waals surface area contributed by atoms with Crippen LogP contribution in [0.5, 0.6) is 0 Å². The summed E-state index contributed by atoms with van der Waals surface area (Å²) in [7, 11) is 1.44. The maximum Gasteiger partial charge on any atom is 0.151 e. The van der Waals surface area contributed by atoms with E-state index in [0.29, 0.717) is 13.0 Å². The Hall–Kier alpha value is -0.0500. The minimum absolute atomic E-state index is 0.171. The fourth-order valence-corrected chi connectivity index (χ4v) is 1.43. The molecule has 0 saturated heterocycles. The second-order valence-electron chi connectivity index (χ2n) is 3.16. The van der Waals surface area contributed by atoms with Crippen molar-refractivity contribution in [2.45, 2.75) is 32.2 Å². The van der Waals surface area contributed by atoms with Gasteiger partial charge in [0, 0.05) is 30.8 Å². The summed E-state index contributed by atoms with van der Waals surface area (Å²) >= 11 is -2.27. The third-order valence-electron chi connectivity index (χ3n) is 1.86. The van der Waals surface area contributed by atoms with Gasteiger partial charge in [-0.3, -0.25) is 4.21 Å². The van der Waals surface area contributed by atoms with Crippen molar-refractivity contribution in [1.82, 2.24) is 4.31 Å². The zero-order valence-corrected chi connectivity index (χ0v) is 9.77. The number of likely N-dealkylation sites (N-methyl/N-ethyl adjacent to an activating group) is 1. The molecule has 0 heterocycles. The highest BCUT2D eigenvalue weighted by atomic mass is 32.2. The van der Waals surface area contributed by atoms with Gasteiger partial charge in [-0.25, -0.2) is 4.31 Å². The molecule has 0 amide bonds. The van der Waals surface area contributed by atoms with E-state index in [1.54, 1.807) is 6.92 Å². The predicted octanol–water partition coefficient (Wildman–Crippen LogP) is -0.792. The second-order valence-corrected chi connectivity index (χ2v) is 4.22. The smallest absolute Gasteiger partial charge is 0.151 e. The van der Waals surface area contributed by atoms with Crippen LogP contribution in [0.1, 0.15) is 19.8 Å². The summed E-state index contributed by atoms with van der Waals surface area (Å²) in [6, 6.07) is 0. The summed E-state index contributed by atoms with van der Waals surface area (Å²) in [4.78, 5) is 0. The average molecular weight is 240 g/mol. The topological polar surface area (TPSA) is 93.1 Å². The highest BCUT2D eigenvalue weighted by Gasteiger charge is 2.13. The van der Waals surface area contributed by atoms with E-state index in [4.69, 9.17) is 14.9 Å². The van der Waals surface area contributed by atoms with Gasteiger partial charge in [-0.1, -0.05) is 0 Å². The molecule has 1 unspecified atom stereocenters. The van der Waals surface area contributed by atoms with Gasteiger partial charge in [0.25, 0.3) is 0 Å². The normalized spacial score (nSPS) is 15.9. The first-order chi connectivity index (χ1) is 6.97. The lowest BCUT2D eigenvalue weighted by Crippen LogP contribution is -2.33.